The number of nitrogens with zero attached hydrogens (tertiary/aromatic N) is 1. The minimum atomic E-state index is -0.306. The zero-order valence-corrected chi connectivity index (χ0v) is 12.7. The molecule has 0 radical (unpaired) electrons. The smallest absolute Gasteiger partial charge is 0.255 e. The zero-order chi connectivity index (χ0) is 15.1. The molecule has 5 nitrogen and oxygen atoms in total. The molecule has 1 amide bonds. The van der Waals surface area contributed by atoms with Crippen LogP contribution in [0.4, 0.5) is 0 Å². The van der Waals surface area contributed by atoms with Crippen molar-refractivity contribution < 1.29 is 4.79 Å². The summed E-state index contributed by atoms with van der Waals surface area (Å²) in [5, 5.41) is 3.38. The lowest BCUT2D eigenvalue weighted by molar-refractivity contribution is -0.128. The van der Waals surface area contributed by atoms with Gasteiger partial charge in [-0.2, -0.15) is 0 Å². The van der Waals surface area contributed by atoms with Gasteiger partial charge in [-0.05, 0) is 44.5 Å². The van der Waals surface area contributed by atoms with E-state index in [1.54, 1.807) is 0 Å². The summed E-state index contributed by atoms with van der Waals surface area (Å²) in [6.45, 7) is 5.07. The minimum absolute atomic E-state index is 0.131. The van der Waals surface area contributed by atoms with E-state index in [0.717, 1.165) is 44.5 Å². The van der Waals surface area contributed by atoms with Crippen molar-refractivity contribution in [2.24, 2.45) is 5.84 Å². The van der Waals surface area contributed by atoms with E-state index < -0.39 is 0 Å². The van der Waals surface area contributed by atoms with Crippen molar-refractivity contribution in [2.75, 3.05) is 19.6 Å². The number of nitrogens with one attached hydrogen (secondary N) is 2. The number of carbonyl (C=O) groups excluding carboxylic acids is 1. The Morgan fingerprint density at radius 3 is 2.62 bits per heavy atom. The van der Waals surface area contributed by atoms with Crippen LogP contribution in [0.1, 0.15) is 37.8 Å². The lowest BCUT2D eigenvalue weighted by Gasteiger charge is -2.39. The predicted octanol–water partition coefficient (Wildman–Crippen LogP) is 1.18. The molecular weight excluding hydrogens is 264 g/mol. The van der Waals surface area contributed by atoms with Gasteiger partial charge >= 0.3 is 0 Å². The Hall–Kier alpha value is -1.43. The molecule has 21 heavy (non-hydrogen) atoms. The van der Waals surface area contributed by atoms with Gasteiger partial charge in [-0.1, -0.05) is 37.3 Å². The summed E-state index contributed by atoms with van der Waals surface area (Å²) in [6.07, 6.45) is 3.16. The van der Waals surface area contributed by atoms with E-state index in [9.17, 15) is 4.79 Å². The molecule has 1 unspecified atom stereocenters. The molecule has 4 N–H and O–H groups in total. The number of nitrogens with two attached hydrogens (primary N) is 1. The standard InChI is InChI=1S/C16H26N4O/c1-2-12-20(14-8-10-18-11-9-14)15(16(21)19-17)13-6-4-3-5-7-13/h3-7,14-15,18H,2,8-12,17H2,1H3,(H,19,21). The molecule has 1 fully saturated rings. The fraction of sp³-hybridized carbons (Fsp3) is 0.562. The van der Waals surface area contributed by atoms with Gasteiger partial charge in [-0.25, -0.2) is 5.84 Å². The van der Waals surface area contributed by atoms with Gasteiger partial charge < -0.3 is 5.32 Å². The van der Waals surface area contributed by atoms with E-state index in [-0.39, 0.29) is 11.9 Å². The SMILES string of the molecule is CCCN(C1CCNCC1)C(C(=O)NN)c1ccccc1. The molecule has 5 heteroatoms. The van der Waals surface area contributed by atoms with Crippen molar-refractivity contribution in [1.29, 1.82) is 0 Å². The number of amides is 1. The van der Waals surface area contributed by atoms with Gasteiger partial charge in [0, 0.05) is 6.04 Å². The fourth-order valence-corrected chi connectivity index (χ4v) is 3.13. The third-order valence-electron chi connectivity index (χ3n) is 4.10. The highest BCUT2D eigenvalue weighted by Gasteiger charge is 2.32. The molecule has 0 spiro atoms. The third-order valence-corrected chi connectivity index (χ3v) is 4.10. The van der Waals surface area contributed by atoms with Crippen LogP contribution in [0, 0.1) is 0 Å². The van der Waals surface area contributed by atoms with Crippen LogP contribution in [-0.4, -0.2) is 36.5 Å². The van der Waals surface area contributed by atoms with Gasteiger partial charge in [0.1, 0.15) is 6.04 Å². The average Bonchev–Trinajstić information content (AvgIpc) is 2.56. The summed E-state index contributed by atoms with van der Waals surface area (Å²) in [5.41, 5.74) is 3.35. The highest BCUT2D eigenvalue weighted by molar-refractivity contribution is 5.82. The van der Waals surface area contributed by atoms with Crippen molar-refractivity contribution >= 4 is 5.91 Å². The first-order chi connectivity index (χ1) is 10.3. The Kier molecular flexibility index (Phi) is 6.17. The van der Waals surface area contributed by atoms with E-state index in [4.69, 9.17) is 5.84 Å². The fourth-order valence-electron chi connectivity index (χ4n) is 3.13. The van der Waals surface area contributed by atoms with Crippen LogP contribution in [0.2, 0.25) is 0 Å². The second kappa shape index (κ2) is 8.12. The van der Waals surface area contributed by atoms with Crippen LogP contribution in [-0.2, 0) is 4.79 Å². The summed E-state index contributed by atoms with van der Waals surface area (Å²) in [6, 6.07) is 10.0. The molecule has 1 aliphatic rings. The number of benzene rings is 1. The van der Waals surface area contributed by atoms with E-state index in [0.29, 0.717) is 6.04 Å². The highest BCUT2D eigenvalue weighted by Crippen LogP contribution is 2.26. The quantitative estimate of drug-likeness (QED) is 0.418. The van der Waals surface area contributed by atoms with Gasteiger partial charge in [-0.3, -0.25) is 15.1 Å². The summed E-state index contributed by atoms with van der Waals surface area (Å²) in [7, 11) is 0. The molecule has 2 rings (SSSR count). The second-order valence-corrected chi connectivity index (χ2v) is 5.54. The Balaban J connectivity index is 2.28. The van der Waals surface area contributed by atoms with Gasteiger partial charge in [0.25, 0.3) is 5.91 Å². The molecule has 0 saturated carbocycles. The maximum Gasteiger partial charge on any atom is 0.255 e. The number of rotatable bonds is 6. The van der Waals surface area contributed by atoms with Crippen LogP contribution in [0.25, 0.3) is 0 Å². The maximum absolute atomic E-state index is 12.4. The summed E-state index contributed by atoms with van der Waals surface area (Å²) < 4.78 is 0. The first-order valence-corrected chi connectivity index (χ1v) is 7.79. The third kappa shape index (κ3) is 4.03. The van der Waals surface area contributed by atoms with Crippen LogP contribution >= 0.6 is 0 Å². The zero-order valence-electron chi connectivity index (χ0n) is 12.7. The topological polar surface area (TPSA) is 70.4 Å². The molecule has 1 saturated heterocycles. The van der Waals surface area contributed by atoms with Gasteiger partial charge in [0.2, 0.25) is 0 Å². The predicted molar refractivity (Wildman–Crippen MR) is 84.4 cm³/mol. The number of piperidine rings is 1. The Bertz CT molecular complexity index is 431. The molecule has 116 valence electrons. The number of hydrazine groups is 1. The van der Waals surface area contributed by atoms with Crippen LogP contribution in [0.3, 0.4) is 0 Å². The Morgan fingerprint density at radius 1 is 1.38 bits per heavy atom. The molecule has 1 heterocycles. The molecule has 1 aromatic rings. The van der Waals surface area contributed by atoms with Gasteiger partial charge in [-0.15, -0.1) is 0 Å². The Labute approximate surface area is 126 Å². The molecule has 0 aliphatic carbocycles. The van der Waals surface area contributed by atoms with Gasteiger partial charge in [0.15, 0.2) is 0 Å². The minimum Gasteiger partial charge on any atom is -0.317 e. The molecule has 1 aromatic carbocycles. The molecule has 0 aromatic heterocycles. The van der Waals surface area contributed by atoms with Crippen LogP contribution in [0.5, 0.6) is 0 Å². The lowest BCUT2D eigenvalue weighted by Crippen LogP contribution is -2.50. The van der Waals surface area contributed by atoms with Crippen molar-refractivity contribution in [1.82, 2.24) is 15.6 Å². The normalized spacial score (nSPS) is 17.7. The highest BCUT2D eigenvalue weighted by atomic mass is 16.2. The van der Waals surface area contributed by atoms with Crippen LogP contribution < -0.4 is 16.6 Å². The number of hydrogen-bond acceptors (Lipinski definition) is 4. The summed E-state index contributed by atoms with van der Waals surface area (Å²) in [4.78, 5) is 14.7. The summed E-state index contributed by atoms with van der Waals surface area (Å²) in [5.74, 6) is 5.30. The molecule has 0 bridgehead atoms. The first-order valence-electron chi connectivity index (χ1n) is 7.79. The van der Waals surface area contributed by atoms with Gasteiger partial charge in [0.05, 0.1) is 0 Å². The average molecular weight is 290 g/mol. The molecule has 1 atom stereocenters. The summed E-state index contributed by atoms with van der Waals surface area (Å²) >= 11 is 0. The first kappa shape index (κ1) is 15.9. The second-order valence-electron chi connectivity index (χ2n) is 5.54. The number of carbonyl (C=O) groups is 1. The number of hydrogen-bond donors (Lipinski definition) is 3. The Morgan fingerprint density at radius 2 is 2.05 bits per heavy atom. The van der Waals surface area contributed by atoms with E-state index >= 15 is 0 Å². The van der Waals surface area contributed by atoms with Crippen molar-refractivity contribution in [2.45, 2.75) is 38.3 Å². The maximum atomic E-state index is 12.4. The lowest BCUT2D eigenvalue weighted by atomic mass is 9.97. The van der Waals surface area contributed by atoms with E-state index in [1.807, 2.05) is 30.3 Å². The monoisotopic (exact) mass is 290 g/mol. The van der Waals surface area contributed by atoms with Crippen LogP contribution in [0.15, 0.2) is 30.3 Å². The van der Waals surface area contributed by atoms with Crippen molar-refractivity contribution in [3.05, 3.63) is 35.9 Å². The van der Waals surface area contributed by atoms with E-state index in [1.165, 1.54) is 0 Å². The van der Waals surface area contributed by atoms with Crippen molar-refractivity contribution in [3.8, 4) is 0 Å². The van der Waals surface area contributed by atoms with Crippen molar-refractivity contribution in [3.63, 3.8) is 0 Å². The molecular formula is C16H26N4O. The van der Waals surface area contributed by atoms with E-state index in [2.05, 4.69) is 22.6 Å². The largest absolute Gasteiger partial charge is 0.317 e. The molecule has 1 aliphatic heterocycles.